The predicted molar refractivity (Wildman–Crippen MR) is 78.6 cm³/mol. The van der Waals surface area contributed by atoms with Crippen LogP contribution in [0.3, 0.4) is 0 Å². The van der Waals surface area contributed by atoms with Gasteiger partial charge in [-0.3, -0.25) is 9.59 Å². The molecule has 4 heteroatoms. The highest BCUT2D eigenvalue weighted by atomic mass is 16.2. The molecule has 0 aliphatic carbocycles. The highest BCUT2D eigenvalue weighted by Gasteiger charge is 2.05. The van der Waals surface area contributed by atoms with Crippen LogP contribution in [0.5, 0.6) is 0 Å². The third-order valence-corrected chi connectivity index (χ3v) is 2.87. The van der Waals surface area contributed by atoms with E-state index in [1.54, 1.807) is 31.3 Å². The molecule has 0 fully saturated rings. The second-order valence-electron chi connectivity index (χ2n) is 4.37. The van der Waals surface area contributed by atoms with Crippen molar-refractivity contribution < 1.29 is 9.59 Å². The second kappa shape index (κ2) is 6.52. The van der Waals surface area contributed by atoms with Gasteiger partial charge in [0.2, 0.25) is 5.91 Å². The van der Waals surface area contributed by atoms with E-state index in [9.17, 15) is 9.59 Å². The van der Waals surface area contributed by atoms with E-state index in [0.29, 0.717) is 17.7 Å². The summed E-state index contributed by atoms with van der Waals surface area (Å²) in [6, 6.07) is 16.3. The minimum Gasteiger partial charge on any atom is -0.355 e. The molecule has 0 heterocycles. The Morgan fingerprint density at radius 3 is 2.20 bits per heavy atom. The summed E-state index contributed by atoms with van der Waals surface area (Å²) < 4.78 is 0. The van der Waals surface area contributed by atoms with Gasteiger partial charge in [0.15, 0.2) is 0 Å². The fraction of sp³-hybridized carbons (Fsp3) is 0.125. The molecule has 0 aromatic heterocycles. The predicted octanol–water partition coefficient (Wildman–Crippen LogP) is 2.23. The van der Waals surface area contributed by atoms with Crippen LogP contribution in [0.4, 0.5) is 5.69 Å². The van der Waals surface area contributed by atoms with Crippen LogP contribution in [0.25, 0.3) is 0 Å². The molecule has 2 aromatic carbocycles. The van der Waals surface area contributed by atoms with Gasteiger partial charge in [-0.2, -0.15) is 0 Å². The number of amides is 2. The maximum absolute atomic E-state index is 11.9. The Bertz CT molecular complexity index is 592. The quantitative estimate of drug-likeness (QED) is 0.893. The van der Waals surface area contributed by atoms with Crippen molar-refractivity contribution in [1.29, 1.82) is 0 Å². The van der Waals surface area contributed by atoms with E-state index >= 15 is 0 Å². The highest BCUT2D eigenvalue weighted by Crippen LogP contribution is 2.10. The lowest BCUT2D eigenvalue weighted by atomic mass is 10.1. The van der Waals surface area contributed by atoms with Crippen molar-refractivity contribution in [3.63, 3.8) is 0 Å². The van der Waals surface area contributed by atoms with Crippen molar-refractivity contribution in [2.75, 3.05) is 12.4 Å². The fourth-order valence-electron chi connectivity index (χ4n) is 1.84. The zero-order valence-corrected chi connectivity index (χ0v) is 11.2. The summed E-state index contributed by atoms with van der Waals surface area (Å²) in [7, 11) is 1.58. The van der Waals surface area contributed by atoms with Crippen LogP contribution in [0.1, 0.15) is 15.9 Å². The van der Waals surface area contributed by atoms with Gasteiger partial charge in [0.1, 0.15) is 0 Å². The molecule has 4 nitrogen and oxygen atoms in total. The standard InChI is InChI=1S/C16H16N2O2/c1-17-16(20)13-7-9-14(10-8-13)18-15(19)11-12-5-3-2-4-6-12/h2-10H,11H2,1H3,(H,17,20)(H,18,19). The second-order valence-corrected chi connectivity index (χ2v) is 4.37. The van der Waals surface area contributed by atoms with Gasteiger partial charge in [-0.25, -0.2) is 0 Å². The molecule has 0 atom stereocenters. The van der Waals surface area contributed by atoms with Crippen LogP contribution in [0.15, 0.2) is 54.6 Å². The SMILES string of the molecule is CNC(=O)c1ccc(NC(=O)Cc2ccccc2)cc1. The number of carbonyl (C=O) groups is 2. The lowest BCUT2D eigenvalue weighted by Crippen LogP contribution is -2.18. The number of anilines is 1. The van der Waals surface area contributed by atoms with Gasteiger partial charge in [0.05, 0.1) is 6.42 Å². The van der Waals surface area contributed by atoms with Crippen molar-refractivity contribution >= 4 is 17.5 Å². The fourth-order valence-corrected chi connectivity index (χ4v) is 1.84. The summed E-state index contributed by atoms with van der Waals surface area (Å²) in [6.45, 7) is 0. The minimum atomic E-state index is -0.146. The van der Waals surface area contributed by atoms with E-state index in [1.165, 1.54) is 0 Å². The van der Waals surface area contributed by atoms with Crippen molar-refractivity contribution in [2.45, 2.75) is 6.42 Å². The molecule has 0 unspecified atom stereocenters. The smallest absolute Gasteiger partial charge is 0.251 e. The van der Waals surface area contributed by atoms with E-state index < -0.39 is 0 Å². The summed E-state index contributed by atoms with van der Waals surface area (Å²) in [4.78, 5) is 23.3. The Labute approximate surface area is 117 Å². The first kappa shape index (κ1) is 13.8. The summed E-state index contributed by atoms with van der Waals surface area (Å²) in [5.41, 5.74) is 2.21. The molecule has 2 amide bonds. The number of hydrogen-bond donors (Lipinski definition) is 2. The minimum absolute atomic E-state index is 0.0797. The van der Waals surface area contributed by atoms with Gasteiger partial charge in [-0.05, 0) is 29.8 Å². The van der Waals surface area contributed by atoms with Gasteiger partial charge < -0.3 is 10.6 Å². The third-order valence-electron chi connectivity index (χ3n) is 2.87. The number of nitrogens with one attached hydrogen (secondary N) is 2. The number of carbonyl (C=O) groups excluding carboxylic acids is 2. The maximum atomic E-state index is 11.9. The zero-order chi connectivity index (χ0) is 14.4. The molecule has 0 radical (unpaired) electrons. The summed E-state index contributed by atoms with van der Waals surface area (Å²) >= 11 is 0. The molecule has 0 bridgehead atoms. The Hall–Kier alpha value is -2.62. The Kier molecular flexibility index (Phi) is 4.50. The maximum Gasteiger partial charge on any atom is 0.251 e. The van der Waals surface area contributed by atoms with Crippen LogP contribution in [0.2, 0.25) is 0 Å². The average molecular weight is 268 g/mol. The molecule has 0 spiro atoms. The van der Waals surface area contributed by atoms with Gasteiger partial charge in [0, 0.05) is 18.3 Å². The van der Waals surface area contributed by atoms with Crippen molar-refractivity contribution in [2.24, 2.45) is 0 Å². The molecule has 20 heavy (non-hydrogen) atoms. The van der Waals surface area contributed by atoms with Gasteiger partial charge >= 0.3 is 0 Å². The first-order chi connectivity index (χ1) is 9.69. The molecule has 0 saturated carbocycles. The third kappa shape index (κ3) is 3.68. The monoisotopic (exact) mass is 268 g/mol. The van der Waals surface area contributed by atoms with E-state index in [0.717, 1.165) is 5.56 Å². The van der Waals surface area contributed by atoms with E-state index in [2.05, 4.69) is 10.6 Å². The van der Waals surface area contributed by atoms with Crippen LogP contribution < -0.4 is 10.6 Å². The van der Waals surface area contributed by atoms with E-state index in [1.807, 2.05) is 30.3 Å². The Morgan fingerprint density at radius 2 is 1.60 bits per heavy atom. The van der Waals surface area contributed by atoms with E-state index in [4.69, 9.17) is 0 Å². The summed E-state index contributed by atoms with van der Waals surface area (Å²) in [6.07, 6.45) is 0.331. The molecule has 0 aliphatic heterocycles. The Balaban J connectivity index is 1.96. The molecular formula is C16H16N2O2. The summed E-state index contributed by atoms with van der Waals surface area (Å²) in [5, 5.41) is 5.35. The van der Waals surface area contributed by atoms with Gasteiger partial charge in [-0.15, -0.1) is 0 Å². The normalized spacial score (nSPS) is 9.85. The lowest BCUT2D eigenvalue weighted by molar-refractivity contribution is -0.115. The average Bonchev–Trinajstić information content (AvgIpc) is 2.48. The molecule has 102 valence electrons. The van der Waals surface area contributed by atoms with Gasteiger partial charge in [-0.1, -0.05) is 30.3 Å². The van der Waals surface area contributed by atoms with Crippen LogP contribution in [-0.2, 0) is 11.2 Å². The largest absolute Gasteiger partial charge is 0.355 e. The molecule has 2 rings (SSSR count). The summed E-state index contributed by atoms with van der Waals surface area (Å²) in [5.74, 6) is -0.226. The number of rotatable bonds is 4. The molecule has 0 saturated heterocycles. The van der Waals surface area contributed by atoms with Crippen LogP contribution >= 0.6 is 0 Å². The van der Waals surface area contributed by atoms with Crippen molar-refractivity contribution in [3.05, 3.63) is 65.7 Å². The van der Waals surface area contributed by atoms with Crippen LogP contribution in [-0.4, -0.2) is 18.9 Å². The first-order valence-electron chi connectivity index (χ1n) is 6.35. The van der Waals surface area contributed by atoms with Crippen molar-refractivity contribution in [1.82, 2.24) is 5.32 Å². The van der Waals surface area contributed by atoms with Crippen molar-refractivity contribution in [3.8, 4) is 0 Å². The molecule has 2 aromatic rings. The highest BCUT2D eigenvalue weighted by molar-refractivity contribution is 5.96. The zero-order valence-electron chi connectivity index (χ0n) is 11.2. The Morgan fingerprint density at radius 1 is 0.950 bits per heavy atom. The van der Waals surface area contributed by atoms with E-state index in [-0.39, 0.29) is 11.8 Å². The van der Waals surface area contributed by atoms with Crippen LogP contribution in [0, 0.1) is 0 Å². The van der Waals surface area contributed by atoms with Gasteiger partial charge in [0.25, 0.3) is 5.91 Å². The number of benzene rings is 2. The number of hydrogen-bond acceptors (Lipinski definition) is 2. The molecule has 0 aliphatic rings. The topological polar surface area (TPSA) is 58.2 Å². The lowest BCUT2D eigenvalue weighted by Gasteiger charge is -2.06. The molecular weight excluding hydrogens is 252 g/mol. The first-order valence-corrected chi connectivity index (χ1v) is 6.35. The molecule has 2 N–H and O–H groups in total.